The highest BCUT2D eigenvalue weighted by Crippen LogP contribution is 2.51. The van der Waals surface area contributed by atoms with E-state index in [9.17, 15) is 0 Å². The van der Waals surface area contributed by atoms with Crippen LogP contribution in [-0.4, -0.2) is 12.6 Å². The lowest BCUT2D eigenvalue weighted by atomic mass is 9.71. The number of hydrogen-bond donors (Lipinski definition) is 1. The number of fused-ring (bicyclic) bond motifs is 2. The fraction of sp³-hybridized carbons (Fsp3) is 1.00. The number of nitrogens with one attached hydrogen (secondary N) is 1. The summed E-state index contributed by atoms with van der Waals surface area (Å²) in [6.07, 6.45) is 16.5. The van der Waals surface area contributed by atoms with Crippen molar-refractivity contribution in [2.75, 3.05) is 6.54 Å². The van der Waals surface area contributed by atoms with E-state index < -0.39 is 0 Å². The molecule has 6 atom stereocenters. The van der Waals surface area contributed by atoms with E-state index in [0.29, 0.717) is 0 Å². The van der Waals surface area contributed by atoms with Crippen LogP contribution in [0.3, 0.4) is 0 Å². The molecule has 6 unspecified atom stereocenters. The summed E-state index contributed by atoms with van der Waals surface area (Å²) in [7, 11) is 0. The molecule has 0 aromatic carbocycles. The van der Waals surface area contributed by atoms with Crippen molar-refractivity contribution in [2.24, 2.45) is 29.6 Å². The summed E-state index contributed by atoms with van der Waals surface area (Å²) in [4.78, 5) is 0. The number of rotatable bonds is 7. The summed E-state index contributed by atoms with van der Waals surface area (Å²) in [5.41, 5.74) is 0. The second kappa shape index (κ2) is 7.49. The fourth-order valence-corrected chi connectivity index (χ4v) is 5.94. The molecule has 0 saturated heterocycles. The molecule has 122 valence electrons. The van der Waals surface area contributed by atoms with Gasteiger partial charge in [-0.15, -0.1) is 0 Å². The van der Waals surface area contributed by atoms with Crippen molar-refractivity contribution in [3.05, 3.63) is 0 Å². The van der Waals surface area contributed by atoms with Gasteiger partial charge in [0.2, 0.25) is 0 Å². The highest BCUT2D eigenvalue weighted by Gasteiger charge is 2.41. The second-order valence-corrected chi connectivity index (χ2v) is 8.46. The van der Waals surface area contributed by atoms with Gasteiger partial charge >= 0.3 is 0 Å². The molecule has 3 fully saturated rings. The van der Waals surface area contributed by atoms with Gasteiger partial charge in [0.05, 0.1) is 0 Å². The molecule has 0 spiro atoms. The van der Waals surface area contributed by atoms with Crippen LogP contribution in [0.25, 0.3) is 0 Å². The van der Waals surface area contributed by atoms with Crippen LogP contribution >= 0.6 is 0 Å². The van der Waals surface area contributed by atoms with Crippen LogP contribution in [0.15, 0.2) is 0 Å². The van der Waals surface area contributed by atoms with Gasteiger partial charge in [-0.2, -0.15) is 0 Å². The zero-order chi connectivity index (χ0) is 14.7. The maximum absolute atomic E-state index is 3.90. The molecule has 0 heterocycles. The Morgan fingerprint density at radius 2 is 1.76 bits per heavy atom. The van der Waals surface area contributed by atoms with E-state index >= 15 is 0 Å². The Hall–Kier alpha value is -0.0400. The van der Waals surface area contributed by atoms with E-state index in [2.05, 4.69) is 19.2 Å². The second-order valence-electron chi connectivity index (χ2n) is 8.46. The monoisotopic (exact) mass is 291 g/mol. The van der Waals surface area contributed by atoms with Crippen molar-refractivity contribution in [3.8, 4) is 0 Å². The minimum atomic E-state index is 0.845. The van der Waals surface area contributed by atoms with E-state index in [1.165, 1.54) is 45.1 Å². The first-order valence-electron chi connectivity index (χ1n) is 10.0. The van der Waals surface area contributed by atoms with Crippen LogP contribution in [0, 0.1) is 29.6 Å². The van der Waals surface area contributed by atoms with Gasteiger partial charge in [0.15, 0.2) is 0 Å². The molecule has 1 N–H and O–H groups in total. The van der Waals surface area contributed by atoms with E-state index in [0.717, 1.165) is 35.6 Å². The standard InChI is InChI=1S/C20H37N/c1-3-5-15-7-9-20(21-10-4-2)19(11-15)14-18-13-16-6-8-17(18)12-16/h15-21H,3-14H2,1-2H3. The lowest BCUT2D eigenvalue weighted by molar-refractivity contribution is 0.148. The van der Waals surface area contributed by atoms with Gasteiger partial charge < -0.3 is 5.32 Å². The summed E-state index contributed by atoms with van der Waals surface area (Å²) in [5.74, 6) is 5.37. The lowest BCUT2D eigenvalue weighted by Gasteiger charge is -2.39. The van der Waals surface area contributed by atoms with Crippen LogP contribution in [0.2, 0.25) is 0 Å². The maximum Gasteiger partial charge on any atom is 0.00956 e. The van der Waals surface area contributed by atoms with E-state index in [4.69, 9.17) is 0 Å². The average Bonchev–Trinajstić information content (AvgIpc) is 3.09. The molecular weight excluding hydrogens is 254 g/mol. The Morgan fingerprint density at radius 1 is 0.857 bits per heavy atom. The zero-order valence-corrected chi connectivity index (χ0v) is 14.4. The lowest BCUT2D eigenvalue weighted by Crippen LogP contribution is -2.42. The molecule has 3 aliphatic rings. The van der Waals surface area contributed by atoms with Gasteiger partial charge in [-0.1, -0.05) is 33.1 Å². The Balaban J connectivity index is 1.56. The van der Waals surface area contributed by atoms with Gasteiger partial charge in [0, 0.05) is 6.04 Å². The molecule has 3 rings (SSSR count). The van der Waals surface area contributed by atoms with Gasteiger partial charge in [-0.05, 0) is 87.5 Å². The third kappa shape index (κ3) is 3.84. The number of hydrogen-bond acceptors (Lipinski definition) is 1. The van der Waals surface area contributed by atoms with Gasteiger partial charge in [0.25, 0.3) is 0 Å². The third-order valence-electron chi connectivity index (χ3n) is 6.93. The highest BCUT2D eigenvalue weighted by molar-refractivity contribution is 4.94. The molecule has 21 heavy (non-hydrogen) atoms. The normalized spacial score (nSPS) is 42.6. The van der Waals surface area contributed by atoms with E-state index in [1.54, 1.807) is 32.1 Å². The molecule has 0 radical (unpaired) electrons. The van der Waals surface area contributed by atoms with Gasteiger partial charge in [0.1, 0.15) is 0 Å². The predicted molar refractivity (Wildman–Crippen MR) is 91.4 cm³/mol. The summed E-state index contributed by atoms with van der Waals surface area (Å²) in [6, 6.07) is 0.845. The molecular formula is C20H37N. The molecule has 1 nitrogen and oxygen atoms in total. The average molecular weight is 292 g/mol. The first-order valence-corrected chi connectivity index (χ1v) is 10.0. The molecule has 0 aliphatic heterocycles. The summed E-state index contributed by atoms with van der Waals surface area (Å²) < 4.78 is 0. The van der Waals surface area contributed by atoms with Crippen molar-refractivity contribution < 1.29 is 0 Å². The Morgan fingerprint density at radius 3 is 2.43 bits per heavy atom. The largest absolute Gasteiger partial charge is 0.314 e. The Labute approximate surface area is 132 Å². The van der Waals surface area contributed by atoms with Gasteiger partial charge in [-0.25, -0.2) is 0 Å². The van der Waals surface area contributed by atoms with Crippen LogP contribution in [-0.2, 0) is 0 Å². The van der Waals surface area contributed by atoms with Crippen LogP contribution in [0.4, 0.5) is 0 Å². The van der Waals surface area contributed by atoms with Crippen molar-refractivity contribution in [1.82, 2.24) is 5.32 Å². The van der Waals surface area contributed by atoms with E-state index in [1.807, 2.05) is 0 Å². The Kier molecular flexibility index (Phi) is 5.65. The Bertz CT molecular complexity index is 313. The summed E-state index contributed by atoms with van der Waals surface area (Å²) >= 11 is 0. The minimum absolute atomic E-state index is 0.845. The third-order valence-corrected chi connectivity index (χ3v) is 6.93. The molecule has 3 aliphatic carbocycles. The van der Waals surface area contributed by atoms with Crippen LogP contribution in [0.5, 0.6) is 0 Å². The molecule has 2 bridgehead atoms. The molecule has 1 heteroatoms. The quantitative estimate of drug-likeness (QED) is 0.662. The molecule has 3 saturated carbocycles. The summed E-state index contributed by atoms with van der Waals surface area (Å²) in [5, 5.41) is 3.90. The topological polar surface area (TPSA) is 12.0 Å². The SMILES string of the molecule is CCCNC1CCC(CCC)CC1CC1CC2CCC1C2. The van der Waals surface area contributed by atoms with Crippen molar-refractivity contribution >= 4 is 0 Å². The smallest absolute Gasteiger partial charge is 0.00956 e. The predicted octanol–water partition coefficient (Wildman–Crippen LogP) is 5.40. The van der Waals surface area contributed by atoms with Gasteiger partial charge in [-0.3, -0.25) is 0 Å². The maximum atomic E-state index is 3.90. The van der Waals surface area contributed by atoms with Crippen molar-refractivity contribution in [1.29, 1.82) is 0 Å². The molecule has 0 aromatic rings. The van der Waals surface area contributed by atoms with Crippen LogP contribution in [0.1, 0.15) is 84.5 Å². The fourth-order valence-electron chi connectivity index (χ4n) is 5.94. The zero-order valence-electron chi connectivity index (χ0n) is 14.4. The van der Waals surface area contributed by atoms with E-state index in [-0.39, 0.29) is 0 Å². The minimum Gasteiger partial charge on any atom is -0.314 e. The summed E-state index contributed by atoms with van der Waals surface area (Å²) in [6.45, 7) is 5.91. The molecule has 0 aromatic heterocycles. The highest BCUT2D eigenvalue weighted by atomic mass is 14.9. The first-order chi connectivity index (χ1) is 10.3. The van der Waals surface area contributed by atoms with Crippen LogP contribution < -0.4 is 5.32 Å². The first kappa shape index (κ1) is 15.8. The van der Waals surface area contributed by atoms with Crippen molar-refractivity contribution in [3.63, 3.8) is 0 Å². The molecule has 0 amide bonds. The van der Waals surface area contributed by atoms with Crippen molar-refractivity contribution in [2.45, 2.75) is 90.5 Å².